The Hall–Kier alpha value is 0.431. The monoisotopic (exact) mass is 118 g/mol. The molecular weight excluding hydrogens is 111 g/mol. The molecule has 0 aromatic carbocycles. The van der Waals surface area contributed by atoms with Gasteiger partial charge in [-0.25, -0.2) is 0 Å². The Kier molecular flexibility index (Phi) is 24.3. The number of hydrogen-bond acceptors (Lipinski definition) is 1. The van der Waals surface area contributed by atoms with E-state index in [4.69, 9.17) is 14.1 Å². The summed E-state index contributed by atoms with van der Waals surface area (Å²) in [5.74, 6) is 0. The molecule has 0 rings (SSSR count). The van der Waals surface area contributed by atoms with Crippen LogP contribution in [-0.2, 0) is 4.46 Å². The number of hydrogen-bond donors (Lipinski definition) is 2. The Morgan fingerprint density at radius 1 is 1.50 bits per heavy atom. The zero-order valence-corrected chi connectivity index (χ0v) is 3.80. The van der Waals surface area contributed by atoms with Crippen LogP contribution in [0, 0.1) is 0 Å². The fourth-order valence-electron chi connectivity index (χ4n) is 0. The third kappa shape index (κ3) is 281. The first kappa shape index (κ1) is 16.1. The van der Waals surface area contributed by atoms with Crippen molar-refractivity contribution in [1.29, 1.82) is 0 Å². The molecule has 0 aliphatic carbocycles. The van der Waals surface area contributed by atoms with Gasteiger partial charge in [-0.05, 0) is 11.0 Å². The molecule has 0 aromatic heterocycles. The van der Waals surface area contributed by atoms with Crippen molar-refractivity contribution in [2.24, 2.45) is 0 Å². The maximum Gasteiger partial charge on any atom is 1.00 e. The minimum atomic E-state index is -3.13. The first-order valence-corrected chi connectivity index (χ1v) is 1.95. The molecule has 0 aromatic rings. The van der Waals surface area contributed by atoms with E-state index >= 15 is 0 Å². The van der Waals surface area contributed by atoms with Crippen LogP contribution in [0.25, 0.3) is 0 Å². The Balaban J connectivity index is -0.0000000150. The standard InChI is InChI=1S/Li.H2O3Si.H4Si.H/c;1-4(2)3;;/h;1-2H;1H4;/q+1;;;-1. The minimum Gasteiger partial charge on any atom is -1.00 e. The first-order chi connectivity index (χ1) is 1.73. The molecule has 3 nitrogen and oxygen atoms in total. The van der Waals surface area contributed by atoms with E-state index in [0.29, 0.717) is 0 Å². The molecule has 0 aliphatic rings. The van der Waals surface area contributed by atoms with E-state index in [1.54, 1.807) is 0 Å². The van der Waals surface area contributed by atoms with Gasteiger partial charge in [-0.3, -0.25) is 4.46 Å². The van der Waals surface area contributed by atoms with Gasteiger partial charge >= 0.3 is 28.0 Å². The van der Waals surface area contributed by atoms with Gasteiger partial charge in [0.1, 0.15) is 0 Å². The maximum atomic E-state index is 8.74. The molecule has 6 heteroatoms. The molecule has 0 unspecified atom stereocenters. The summed E-state index contributed by atoms with van der Waals surface area (Å²) in [6.07, 6.45) is 0. The topological polar surface area (TPSA) is 57.5 Å². The smallest absolute Gasteiger partial charge is 1.00 e. The first-order valence-electron chi connectivity index (χ1n) is 0.651. The fourth-order valence-corrected chi connectivity index (χ4v) is 0. The molecule has 2 N–H and O–H groups in total. The Labute approximate surface area is 55.0 Å². The molecule has 6 heavy (non-hydrogen) atoms. The molecule has 0 atom stereocenters. The van der Waals surface area contributed by atoms with Crippen LogP contribution >= 0.6 is 0 Å². The summed E-state index contributed by atoms with van der Waals surface area (Å²) in [6, 6.07) is 0. The summed E-state index contributed by atoms with van der Waals surface area (Å²) in [4.78, 5) is 14.3. The van der Waals surface area contributed by atoms with Crippen LogP contribution in [0.15, 0.2) is 0 Å². The average Bonchev–Trinajstić information content (AvgIpc) is 0.811. The zero-order chi connectivity index (χ0) is 3.58. The SMILES string of the molecule is O=[Si](O)O.[H-].[Li+].[SiH4]. The van der Waals surface area contributed by atoms with E-state index in [0.717, 1.165) is 0 Å². The van der Waals surface area contributed by atoms with E-state index in [1.165, 1.54) is 0 Å². The van der Waals surface area contributed by atoms with Gasteiger partial charge in [0.2, 0.25) is 0 Å². The summed E-state index contributed by atoms with van der Waals surface area (Å²) in [6.45, 7) is 0. The predicted molar refractivity (Wildman–Crippen MR) is 23.3 cm³/mol. The van der Waals surface area contributed by atoms with E-state index in [9.17, 15) is 0 Å². The van der Waals surface area contributed by atoms with Crippen molar-refractivity contribution < 1.29 is 34.3 Å². The van der Waals surface area contributed by atoms with Gasteiger partial charge in [0.05, 0.1) is 0 Å². The van der Waals surface area contributed by atoms with Gasteiger partial charge in [-0.1, -0.05) is 0 Å². The largest absolute Gasteiger partial charge is 1.00 e. The average molecular weight is 118 g/mol. The third-order valence-corrected chi connectivity index (χ3v) is 0. The fraction of sp³-hybridized carbons (Fsp3) is 0. The van der Waals surface area contributed by atoms with Crippen LogP contribution in [0.2, 0.25) is 0 Å². The van der Waals surface area contributed by atoms with E-state index in [2.05, 4.69) is 0 Å². The van der Waals surface area contributed by atoms with Crippen molar-refractivity contribution in [3.8, 4) is 0 Å². The molecule has 0 bridgehead atoms. The van der Waals surface area contributed by atoms with Crippen molar-refractivity contribution in [2.75, 3.05) is 0 Å². The van der Waals surface area contributed by atoms with Gasteiger partial charge in [-0.2, -0.15) is 0 Å². The van der Waals surface area contributed by atoms with Crippen molar-refractivity contribution in [1.82, 2.24) is 0 Å². The second kappa shape index (κ2) is 9.06. The van der Waals surface area contributed by atoms with Crippen LogP contribution in [-0.4, -0.2) is 29.7 Å². The molecular formula is H7LiO3Si2. The van der Waals surface area contributed by atoms with Crippen LogP contribution in [0.5, 0.6) is 0 Å². The summed E-state index contributed by atoms with van der Waals surface area (Å²) in [7, 11) is -3.13. The second-order valence-corrected chi connectivity index (χ2v) is 0.848. The Bertz CT molecular complexity index is 35.9. The van der Waals surface area contributed by atoms with E-state index < -0.39 is 9.17 Å². The van der Waals surface area contributed by atoms with Crippen molar-refractivity contribution >= 4 is 20.1 Å². The molecule has 0 saturated carbocycles. The summed E-state index contributed by atoms with van der Waals surface area (Å²) < 4.78 is 8.74. The van der Waals surface area contributed by atoms with Gasteiger partial charge in [0.25, 0.3) is 0 Å². The van der Waals surface area contributed by atoms with Crippen LogP contribution in [0.1, 0.15) is 1.43 Å². The molecule has 0 aliphatic heterocycles. The second-order valence-electron chi connectivity index (χ2n) is 0.283. The zero-order valence-electron chi connectivity index (χ0n) is 3.80. The Morgan fingerprint density at radius 3 is 1.50 bits per heavy atom. The van der Waals surface area contributed by atoms with Gasteiger partial charge < -0.3 is 11.0 Å². The van der Waals surface area contributed by atoms with Gasteiger partial charge in [0.15, 0.2) is 0 Å². The third-order valence-electron chi connectivity index (χ3n) is 0. The quantitative estimate of drug-likeness (QED) is 0.311. The molecule has 0 heterocycles. The summed E-state index contributed by atoms with van der Waals surface area (Å²) in [5, 5.41) is 0. The molecule has 34 valence electrons. The Morgan fingerprint density at radius 2 is 1.50 bits per heavy atom. The molecule has 0 fully saturated rings. The maximum absolute atomic E-state index is 8.74. The summed E-state index contributed by atoms with van der Waals surface area (Å²) in [5.41, 5.74) is 0. The van der Waals surface area contributed by atoms with Crippen LogP contribution in [0.3, 0.4) is 0 Å². The molecule has 0 spiro atoms. The molecule has 0 amide bonds. The normalized spacial score (nSPS) is 4.00. The van der Waals surface area contributed by atoms with Crippen LogP contribution in [0.4, 0.5) is 0 Å². The van der Waals surface area contributed by atoms with Gasteiger partial charge in [0, 0.05) is 0 Å². The molecule has 0 radical (unpaired) electrons. The van der Waals surface area contributed by atoms with Crippen molar-refractivity contribution in [2.45, 2.75) is 0 Å². The van der Waals surface area contributed by atoms with Gasteiger partial charge in [-0.15, -0.1) is 0 Å². The predicted octanol–water partition coefficient (Wildman–Crippen LogP) is -5.95. The number of rotatable bonds is 0. The minimum absolute atomic E-state index is 0. The van der Waals surface area contributed by atoms with E-state index in [1.807, 2.05) is 0 Å². The molecule has 0 saturated heterocycles. The van der Waals surface area contributed by atoms with E-state index in [-0.39, 0.29) is 31.3 Å². The van der Waals surface area contributed by atoms with Crippen molar-refractivity contribution in [3.05, 3.63) is 0 Å². The summed E-state index contributed by atoms with van der Waals surface area (Å²) >= 11 is 0. The van der Waals surface area contributed by atoms with Crippen molar-refractivity contribution in [3.63, 3.8) is 0 Å². The van der Waals surface area contributed by atoms with Crippen LogP contribution < -0.4 is 18.9 Å².